The largest absolute Gasteiger partial charge is 0.464 e. The molecule has 1 amide bonds. The average Bonchev–Trinajstić information content (AvgIpc) is 2.88. The molecule has 0 bridgehead atoms. The molecular weight excluding hydrogens is 300 g/mol. The van der Waals surface area contributed by atoms with E-state index >= 15 is 0 Å². The number of fused-ring (bicyclic) bond motifs is 2. The Morgan fingerprint density at radius 1 is 1.32 bits per heavy atom. The number of amides is 1. The summed E-state index contributed by atoms with van der Waals surface area (Å²) >= 11 is 1.25. The second kappa shape index (κ2) is 4.78. The fraction of sp³-hybridized carbons (Fsp3) is 0.188. The molecule has 3 heterocycles. The van der Waals surface area contributed by atoms with Crippen LogP contribution in [0.3, 0.4) is 0 Å². The minimum atomic E-state index is -0.302. The van der Waals surface area contributed by atoms with Crippen LogP contribution in [-0.4, -0.2) is 10.3 Å². The zero-order valence-corrected chi connectivity index (χ0v) is 12.6. The maximum absolute atomic E-state index is 12.8. The molecular formula is C16H12N2O3S. The van der Waals surface area contributed by atoms with Gasteiger partial charge in [-0.1, -0.05) is 12.1 Å². The first-order valence-electron chi connectivity index (χ1n) is 6.91. The van der Waals surface area contributed by atoms with Gasteiger partial charge in [0, 0.05) is 23.5 Å². The van der Waals surface area contributed by atoms with Gasteiger partial charge in [-0.3, -0.25) is 9.59 Å². The standard InChI is InChI=1S/C16H12N2O3S/c1-8-14-10(6-13(19)17-16(14)22-18-8)11-7-21-12-5-3-2-4-9(12)15(11)20/h2-5,7,10H,6H2,1H3,(H,17,19). The second-order valence-electron chi connectivity index (χ2n) is 5.33. The number of carbonyl (C=O) groups excluding carboxylic acids is 1. The quantitative estimate of drug-likeness (QED) is 0.749. The molecule has 0 radical (unpaired) electrons. The number of anilines is 1. The molecule has 6 heteroatoms. The highest BCUT2D eigenvalue weighted by Crippen LogP contribution is 2.40. The number of rotatable bonds is 1. The van der Waals surface area contributed by atoms with Crippen LogP contribution in [0.1, 0.15) is 29.2 Å². The molecule has 110 valence electrons. The van der Waals surface area contributed by atoms with Crippen LogP contribution in [0.5, 0.6) is 0 Å². The van der Waals surface area contributed by atoms with Crippen LogP contribution < -0.4 is 10.7 Å². The van der Waals surface area contributed by atoms with Gasteiger partial charge >= 0.3 is 0 Å². The third-order valence-electron chi connectivity index (χ3n) is 3.98. The number of carbonyl (C=O) groups is 1. The van der Waals surface area contributed by atoms with E-state index in [0.29, 0.717) is 16.5 Å². The highest BCUT2D eigenvalue weighted by Gasteiger charge is 2.32. The molecule has 1 aliphatic rings. The topological polar surface area (TPSA) is 72.2 Å². The fourth-order valence-corrected chi connectivity index (χ4v) is 3.82. The predicted octanol–water partition coefficient (Wildman–Crippen LogP) is 3.03. The summed E-state index contributed by atoms with van der Waals surface area (Å²) in [6, 6.07) is 7.13. The highest BCUT2D eigenvalue weighted by atomic mass is 32.1. The van der Waals surface area contributed by atoms with E-state index in [9.17, 15) is 9.59 Å². The second-order valence-corrected chi connectivity index (χ2v) is 6.11. The van der Waals surface area contributed by atoms with E-state index in [1.165, 1.54) is 17.8 Å². The van der Waals surface area contributed by atoms with Crippen LogP contribution in [0, 0.1) is 6.92 Å². The monoisotopic (exact) mass is 312 g/mol. The molecule has 3 aromatic rings. The van der Waals surface area contributed by atoms with Crippen LogP contribution in [0.25, 0.3) is 11.0 Å². The molecule has 4 rings (SSSR count). The number of nitrogens with one attached hydrogen (secondary N) is 1. The minimum Gasteiger partial charge on any atom is -0.464 e. The van der Waals surface area contributed by atoms with Crippen LogP contribution in [0.4, 0.5) is 5.00 Å². The van der Waals surface area contributed by atoms with E-state index in [1.54, 1.807) is 18.2 Å². The molecule has 1 N–H and O–H groups in total. The van der Waals surface area contributed by atoms with Crippen molar-refractivity contribution in [2.45, 2.75) is 19.3 Å². The van der Waals surface area contributed by atoms with Gasteiger partial charge in [-0.05, 0) is 30.6 Å². The third kappa shape index (κ3) is 1.88. The third-order valence-corrected chi connectivity index (χ3v) is 4.85. The van der Waals surface area contributed by atoms with Crippen molar-refractivity contribution in [1.29, 1.82) is 0 Å². The van der Waals surface area contributed by atoms with Crippen molar-refractivity contribution < 1.29 is 9.21 Å². The molecule has 0 saturated carbocycles. The number of para-hydroxylation sites is 1. The molecule has 1 atom stereocenters. The number of benzene rings is 1. The lowest BCUT2D eigenvalue weighted by atomic mass is 9.86. The first-order chi connectivity index (χ1) is 10.6. The molecule has 0 fully saturated rings. The van der Waals surface area contributed by atoms with Gasteiger partial charge in [-0.2, -0.15) is 4.37 Å². The lowest BCUT2D eigenvalue weighted by Crippen LogP contribution is -2.26. The lowest BCUT2D eigenvalue weighted by Gasteiger charge is -2.22. The summed E-state index contributed by atoms with van der Waals surface area (Å²) in [6.07, 6.45) is 1.71. The van der Waals surface area contributed by atoms with Gasteiger partial charge < -0.3 is 9.73 Å². The number of hydrogen-bond donors (Lipinski definition) is 1. The number of aryl methyl sites for hydroxylation is 1. The summed E-state index contributed by atoms with van der Waals surface area (Å²) in [5, 5.41) is 4.09. The van der Waals surface area contributed by atoms with E-state index in [-0.39, 0.29) is 23.7 Å². The van der Waals surface area contributed by atoms with Gasteiger partial charge in [0.2, 0.25) is 5.91 Å². The predicted molar refractivity (Wildman–Crippen MR) is 84.4 cm³/mol. The molecule has 5 nitrogen and oxygen atoms in total. The van der Waals surface area contributed by atoms with E-state index in [2.05, 4.69) is 9.69 Å². The normalized spacial score (nSPS) is 17.3. The summed E-state index contributed by atoms with van der Waals surface area (Å²) in [4.78, 5) is 24.7. The van der Waals surface area contributed by atoms with Crippen LogP contribution in [0.2, 0.25) is 0 Å². The molecule has 0 saturated heterocycles. The highest BCUT2D eigenvalue weighted by molar-refractivity contribution is 7.10. The Balaban J connectivity index is 1.96. The smallest absolute Gasteiger partial charge is 0.225 e. The van der Waals surface area contributed by atoms with Crippen molar-refractivity contribution in [1.82, 2.24) is 4.37 Å². The van der Waals surface area contributed by atoms with Crippen LogP contribution in [-0.2, 0) is 4.79 Å². The molecule has 2 aromatic heterocycles. The molecule has 1 aliphatic heterocycles. The summed E-state index contributed by atoms with van der Waals surface area (Å²) in [5.41, 5.74) is 2.75. The van der Waals surface area contributed by atoms with Crippen molar-refractivity contribution in [2.75, 3.05) is 5.32 Å². The maximum atomic E-state index is 12.8. The van der Waals surface area contributed by atoms with E-state index in [4.69, 9.17) is 4.42 Å². The van der Waals surface area contributed by atoms with Crippen molar-refractivity contribution >= 4 is 33.4 Å². The zero-order valence-electron chi connectivity index (χ0n) is 11.8. The van der Waals surface area contributed by atoms with Crippen molar-refractivity contribution in [3.05, 3.63) is 57.6 Å². The van der Waals surface area contributed by atoms with Gasteiger partial charge in [0.25, 0.3) is 0 Å². The zero-order chi connectivity index (χ0) is 15.3. The first kappa shape index (κ1) is 13.2. The number of hydrogen-bond acceptors (Lipinski definition) is 5. The molecule has 0 spiro atoms. The SMILES string of the molecule is Cc1nsc2c1C(c1coc3ccccc3c1=O)CC(=O)N2. The summed E-state index contributed by atoms with van der Waals surface area (Å²) in [7, 11) is 0. The van der Waals surface area contributed by atoms with Gasteiger partial charge in [0.1, 0.15) is 10.6 Å². The van der Waals surface area contributed by atoms with Gasteiger partial charge in [0.05, 0.1) is 17.3 Å². The number of aromatic nitrogens is 1. The Labute approximate surface area is 129 Å². The van der Waals surface area contributed by atoms with Gasteiger partial charge in [-0.15, -0.1) is 0 Å². The molecule has 0 aliphatic carbocycles. The molecule has 22 heavy (non-hydrogen) atoms. The Morgan fingerprint density at radius 2 is 2.14 bits per heavy atom. The molecule has 1 aromatic carbocycles. The first-order valence-corrected chi connectivity index (χ1v) is 7.69. The summed E-state index contributed by atoms with van der Waals surface area (Å²) in [5.74, 6) is -0.405. The van der Waals surface area contributed by atoms with Crippen molar-refractivity contribution in [3.8, 4) is 0 Å². The molecule has 1 unspecified atom stereocenters. The number of nitrogens with zero attached hydrogens (tertiary/aromatic N) is 1. The Morgan fingerprint density at radius 3 is 3.00 bits per heavy atom. The van der Waals surface area contributed by atoms with Crippen LogP contribution in [0.15, 0.2) is 39.7 Å². The summed E-state index contributed by atoms with van der Waals surface area (Å²) in [6.45, 7) is 1.89. The minimum absolute atomic E-state index is 0.0851. The van der Waals surface area contributed by atoms with E-state index in [0.717, 1.165) is 16.3 Å². The van der Waals surface area contributed by atoms with E-state index in [1.807, 2.05) is 13.0 Å². The Kier molecular flexibility index (Phi) is 2.87. The van der Waals surface area contributed by atoms with E-state index < -0.39 is 0 Å². The average molecular weight is 312 g/mol. The van der Waals surface area contributed by atoms with Gasteiger partial charge in [-0.25, -0.2) is 0 Å². The Bertz CT molecular complexity index is 957. The maximum Gasteiger partial charge on any atom is 0.225 e. The van der Waals surface area contributed by atoms with Crippen molar-refractivity contribution in [3.63, 3.8) is 0 Å². The van der Waals surface area contributed by atoms with Crippen molar-refractivity contribution in [2.24, 2.45) is 0 Å². The van der Waals surface area contributed by atoms with Crippen LogP contribution >= 0.6 is 11.5 Å². The summed E-state index contributed by atoms with van der Waals surface area (Å²) < 4.78 is 9.89. The van der Waals surface area contributed by atoms with Gasteiger partial charge in [0.15, 0.2) is 5.43 Å². The fourth-order valence-electron chi connectivity index (χ4n) is 2.94. The lowest BCUT2D eigenvalue weighted by molar-refractivity contribution is -0.116. The Hall–Kier alpha value is -2.47.